The number of nitrogens with one attached hydrogen (secondary N) is 2. The first-order valence-electron chi connectivity index (χ1n) is 10.2. The van der Waals surface area contributed by atoms with Gasteiger partial charge in [0.05, 0.1) is 14.2 Å². The predicted molar refractivity (Wildman–Crippen MR) is 119 cm³/mol. The Balaban J connectivity index is 1.69. The molecule has 0 bridgehead atoms. The fraction of sp³-hybridized carbons (Fsp3) is 0.292. The predicted octanol–water partition coefficient (Wildman–Crippen LogP) is 2.73. The van der Waals surface area contributed by atoms with Crippen molar-refractivity contribution in [3.05, 3.63) is 83.9 Å². The summed E-state index contributed by atoms with van der Waals surface area (Å²) in [6.07, 6.45) is 8.58. The average Bonchev–Trinajstić information content (AvgIpc) is 2.82. The molecule has 1 aromatic carbocycles. The van der Waals surface area contributed by atoms with Gasteiger partial charge in [-0.2, -0.15) is 0 Å². The van der Waals surface area contributed by atoms with Gasteiger partial charge in [-0.05, 0) is 65.9 Å². The molecule has 162 valence electrons. The summed E-state index contributed by atoms with van der Waals surface area (Å²) in [5.41, 5.74) is 3.10. The van der Waals surface area contributed by atoms with E-state index in [9.17, 15) is 4.79 Å². The number of aromatic nitrogens is 2. The lowest BCUT2D eigenvalue weighted by Gasteiger charge is -2.20. The topological polar surface area (TPSA) is 85.4 Å². The van der Waals surface area contributed by atoms with E-state index >= 15 is 0 Å². The molecule has 3 rings (SSSR count). The minimum absolute atomic E-state index is 0.0870. The second-order valence-corrected chi connectivity index (χ2v) is 7.00. The van der Waals surface area contributed by atoms with Crippen LogP contribution in [0.1, 0.15) is 22.7 Å². The number of nitrogens with zero attached hydrogens (tertiary/aromatic N) is 2. The third-order valence-corrected chi connectivity index (χ3v) is 4.98. The average molecular weight is 421 g/mol. The van der Waals surface area contributed by atoms with Gasteiger partial charge in [-0.1, -0.05) is 6.07 Å². The fourth-order valence-corrected chi connectivity index (χ4v) is 3.29. The van der Waals surface area contributed by atoms with E-state index in [1.807, 2.05) is 42.5 Å². The van der Waals surface area contributed by atoms with Crippen molar-refractivity contribution in [3.63, 3.8) is 0 Å². The minimum Gasteiger partial charge on any atom is -0.493 e. The number of carbonyl (C=O) groups excluding carboxylic acids is 1. The van der Waals surface area contributed by atoms with Crippen LogP contribution in [0.15, 0.2) is 67.3 Å². The van der Waals surface area contributed by atoms with E-state index in [4.69, 9.17) is 9.47 Å². The van der Waals surface area contributed by atoms with Crippen molar-refractivity contribution in [2.75, 3.05) is 27.3 Å². The lowest BCUT2D eigenvalue weighted by molar-refractivity contribution is -0.123. The van der Waals surface area contributed by atoms with Crippen molar-refractivity contribution < 1.29 is 14.3 Å². The SMILES string of the molecule is COc1ccc(C(NCCc2ccncc2)C(=O)NCCc2ccncc2)cc1OC. The second kappa shape index (κ2) is 11.7. The third-order valence-electron chi connectivity index (χ3n) is 4.98. The molecule has 1 unspecified atom stereocenters. The number of hydrogen-bond acceptors (Lipinski definition) is 6. The van der Waals surface area contributed by atoms with E-state index in [2.05, 4.69) is 20.6 Å². The molecular weight excluding hydrogens is 392 g/mol. The molecule has 0 spiro atoms. The van der Waals surface area contributed by atoms with Crippen LogP contribution < -0.4 is 20.1 Å². The fourth-order valence-electron chi connectivity index (χ4n) is 3.29. The Morgan fingerprint density at radius 3 is 2.00 bits per heavy atom. The van der Waals surface area contributed by atoms with Crippen LogP contribution in [-0.4, -0.2) is 43.2 Å². The highest BCUT2D eigenvalue weighted by atomic mass is 16.5. The first-order valence-corrected chi connectivity index (χ1v) is 10.2. The Labute approximate surface area is 182 Å². The van der Waals surface area contributed by atoms with E-state index in [1.54, 1.807) is 39.0 Å². The molecule has 2 N–H and O–H groups in total. The monoisotopic (exact) mass is 420 g/mol. The molecule has 0 aliphatic carbocycles. The molecule has 1 amide bonds. The van der Waals surface area contributed by atoms with Crippen molar-refractivity contribution >= 4 is 5.91 Å². The summed E-state index contributed by atoms with van der Waals surface area (Å²) < 4.78 is 10.7. The van der Waals surface area contributed by atoms with Gasteiger partial charge in [0.25, 0.3) is 0 Å². The standard InChI is InChI=1S/C24H28N4O3/c1-30-21-4-3-20(17-22(21)31-2)23(27-15-9-18-5-11-25-12-6-18)24(29)28-16-10-19-7-13-26-14-8-19/h3-8,11-14,17,23,27H,9-10,15-16H2,1-2H3,(H,28,29). The molecule has 1 atom stereocenters. The molecule has 0 saturated carbocycles. The second-order valence-electron chi connectivity index (χ2n) is 7.00. The number of hydrogen-bond donors (Lipinski definition) is 2. The van der Waals surface area contributed by atoms with Gasteiger partial charge >= 0.3 is 0 Å². The van der Waals surface area contributed by atoms with Crippen molar-refractivity contribution in [2.24, 2.45) is 0 Å². The molecular formula is C24H28N4O3. The summed E-state index contributed by atoms with van der Waals surface area (Å²) in [5.74, 6) is 1.13. The summed E-state index contributed by atoms with van der Waals surface area (Å²) in [7, 11) is 3.18. The van der Waals surface area contributed by atoms with E-state index in [0.29, 0.717) is 24.6 Å². The Morgan fingerprint density at radius 2 is 1.42 bits per heavy atom. The lowest BCUT2D eigenvalue weighted by Crippen LogP contribution is -2.39. The normalized spacial score (nSPS) is 11.5. The van der Waals surface area contributed by atoms with Gasteiger partial charge in [-0.15, -0.1) is 0 Å². The Morgan fingerprint density at radius 1 is 0.839 bits per heavy atom. The highest BCUT2D eigenvalue weighted by Gasteiger charge is 2.21. The highest BCUT2D eigenvalue weighted by molar-refractivity contribution is 5.83. The van der Waals surface area contributed by atoms with Gasteiger partial charge in [0, 0.05) is 37.9 Å². The smallest absolute Gasteiger partial charge is 0.241 e. The maximum absolute atomic E-state index is 13.1. The number of benzene rings is 1. The first-order chi connectivity index (χ1) is 15.2. The maximum atomic E-state index is 13.1. The van der Waals surface area contributed by atoms with Crippen LogP contribution in [0.3, 0.4) is 0 Å². The zero-order chi connectivity index (χ0) is 21.9. The third kappa shape index (κ3) is 6.52. The summed E-state index contributed by atoms with van der Waals surface area (Å²) in [4.78, 5) is 21.1. The zero-order valence-electron chi connectivity index (χ0n) is 17.9. The van der Waals surface area contributed by atoms with Crippen LogP contribution >= 0.6 is 0 Å². The van der Waals surface area contributed by atoms with Gasteiger partial charge in [0.1, 0.15) is 6.04 Å². The van der Waals surface area contributed by atoms with Gasteiger partial charge in [0.2, 0.25) is 5.91 Å². The molecule has 7 nitrogen and oxygen atoms in total. The number of amides is 1. The van der Waals surface area contributed by atoms with Crippen LogP contribution in [0.4, 0.5) is 0 Å². The zero-order valence-corrected chi connectivity index (χ0v) is 17.9. The van der Waals surface area contributed by atoms with E-state index in [0.717, 1.165) is 29.5 Å². The molecule has 0 aliphatic rings. The summed E-state index contributed by atoms with van der Waals surface area (Å²) in [6, 6.07) is 12.9. The Kier molecular flexibility index (Phi) is 8.37. The first kappa shape index (κ1) is 22.2. The Hall–Kier alpha value is -3.45. The van der Waals surface area contributed by atoms with E-state index in [-0.39, 0.29) is 5.91 Å². The molecule has 7 heteroatoms. The quantitative estimate of drug-likeness (QED) is 0.496. The van der Waals surface area contributed by atoms with E-state index in [1.165, 1.54) is 0 Å². The summed E-state index contributed by atoms with van der Waals surface area (Å²) >= 11 is 0. The van der Waals surface area contributed by atoms with E-state index < -0.39 is 6.04 Å². The molecule has 3 aromatic rings. The van der Waals surface area contributed by atoms with Crippen LogP contribution in [0.25, 0.3) is 0 Å². The molecule has 2 aromatic heterocycles. The minimum atomic E-state index is -0.515. The van der Waals surface area contributed by atoms with Crippen LogP contribution in [-0.2, 0) is 17.6 Å². The van der Waals surface area contributed by atoms with Crippen molar-refractivity contribution in [2.45, 2.75) is 18.9 Å². The van der Waals surface area contributed by atoms with Crippen molar-refractivity contribution in [1.82, 2.24) is 20.6 Å². The number of rotatable bonds is 11. The van der Waals surface area contributed by atoms with Crippen LogP contribution in [0.2, 0.25) is 0 Å². The molecule has 2 heterocycles. The molecule has 31 heavy (non-hydrogen) atoms. The van der Waals surface area contributed by atoms with Crippen molar-refractivity contribution in [3.8, 4) is 11.5 Å². The highest BCUT2D eigenvalue weighted by Crippen LogP contribution is 2.30. The number of pyridine rings is 2. The summed E-state index contributed by atoms with van der Waals surface area (Å²) in [6.45, 7) is 1.18. The van der Waals surface area contributed by atoms with Crippen LogP contribution in [0, 0.1) is 0 Å². The number of carbonyl (C=O) groups is 1. The van der Waals surface area contributed by atoms with Gasteiger partial charge in [0.15, 0.2) is 11.5 Å². The van der Waals surface area contributed by atoms with Gasteiger partial charge in [-0.3, -0.25) is 14.8 Å². The molecule has 0 fully saturated rings. The Bertz CT molecular complexity index is 952. The number of ether oxygens (including phenoxy) is 2. The lowest BCUT2D eigenvalue weighted by atomic mass is 10.0. The largest absolute Gasteiger partial charge is 0.493 e. The van der Waals surface area contributed by atoms with Gasteiger partial charge < -0.3 is 20.1 Å². The molecule has 0 aliphatic heterocycles. The number of methoxy groups -OCH3 is 2. The molecule has 0 saturated heterocycles. The summed E-state index contributed by atoms with van der Waals surface area (Å²) in [5, 5.41) is 6.42. The van der Waals surface area contributed by atoms with Crippen molar-refractivity contribution in [1.29, 1.82) is 0 Å². The van der Waals surface area contributed by atoms with Gasteiger partial charge in [-0.25, -0.2) is 0 Å². The molecule has 0 radical (unpaired) electrons. The van der Waals surface area contributed by atoms with Crippen LogP contribution in [0.5, 0.6) is 11.5 Å². The maximum Gasteiger partial charge on any atom is 0.241 e.